The van der Waals surface area contributed by atoms with Crippen LogP contribution >= 0.6 is 11.6 Å². The van der Waals surface area contributed by atoms with Crippen LogP contribution in [-0.4, -0.2) is 40.3 Å². The van der Waals surface area contributed by atoms with Crippen molar-refractivity contribution in [1.29, 1.82) is 0 Å². The Morgan fingerprint density at radius 3 is 2.79 bits per heavy atom. The van der Waals surface area contributed by atoms with Gasteiger partial charge in [0.2, 0.25) is 11.7 Å². The van der Waals surface area contributed by atoms with Crippen LogP contribution in [0.2, 0.25) is 5.15 Å². The van der Waals surface area contributed by atoms with E-state index in [1.165, 1.54) is 17.0 Å². The number of hydrogen-bond donors (Lipinski definition) is 1. The molecule has 1 unspecified atom stereocenters. The third kappa shape index (κ3) is 3.78. The maximum absolute atomic E-state index is 11.9. The van der Waals surface area contributed by atoms with Gasteiger partial charge in [0, 0.05) is 19.7 Å². The SMILES string of the molecule is CCN(C)C(=O)C(C)Nc1nc(Cl)ccc1[N+](=O)[O-]. The molecule has 0 aliphatic heterocycles. The number of nitrogens with one attached hydrogen (secondary N) is 1. The normalized spacial score (nSPS) is 11.8. The van der Waals surface area contributed by atoms with Crippen LogP contribution in [0.5, 0.6) is 0 Å². The summed E-state index contributed by atoms with van der Waals surface area (Å²) in [5.74, 6) is -0.193. The average Bonchev–Trinajstić information content (AvgIpc) is 2.36. The first-order valence-corrected chi connectivity index (χ1v) is 6.07. The van der Waals surface area contributed by atoms with Crippen molar-refractivity contribution >= 4 is 29.0 Å². The maximum atomic E-state index is 11.9. The van der Waals surface area contributed by atoms with Crippen LogP contribution < -0.4 is 5.32 Å². The van der Waals surface area contributed by atoms with Gasteiger partial charge in [-0.05, 0) is 19.9 Å². The Morgan fingerprint density at radius 1 is 1.63 bits per heavy atom. The van der Waals surface area contributed by atoms with Crippen molar-refractivity contribution in [3.05, 3.63) is 27.4 Å². The molecule has 0 aromatic carbocycles. The van der Waals surface area contributed by atoms with Gasteiger partial charge in [0.1, 0.15) is 11.2 Å². The van der Waals surface area contributed by atoms with E-state index in [0.717, 1.165) is 0 Å². The summed E-state index contributed by atoms with van der Waals surface area (Å²) < 4.78 is 0. The number of aromatic nitrogens is 1. The zero-order valence-electron chi connectivity index (χ0n) is 10.9. The highest BCUT2D eigenvalue weighted by molar-refractivity contribution is 6.29. The third-order valence-electron chi connectivity index (χ3n) is 2.61. The number of likely N-dealkylation sites (N-methyl/N-ethyl adjacent to an activating group) is 1. The van der Waals surface area contributed by atoms with Gasteiger partial charge in [-0.1, -0.05) is 11.6 Å². The van der Waals surface area contributed by atoms with Gasteiger partial charge in [0.05, 0.1) is 4.92 Å². The first-order valence-electron chi connectivity index (χ1n) is 5.69. The molecule has 0 saturated carbocycles. The Labute approximate surface area is 115 Å². The van der Waals surface area contributed by atoms with Crippen LogP contribution in [0.3, 0.4) is 0 Å². The first kappa shape index (κ1) is 15.2. The van der Waals surface area contributed by atoms with E-state index in [9.17, 15) is 14.9 Å². The molecule has 7 nitrogen and oxygen atoms in total. The van der Waals surface area contributed by atoms with E-state index in [2.05, 4.69) is 10.3 Å². The summed E-state index contributed by atoms with van der Waals surface area (Å²) in [6.07, 6.45) is 0. The van der Waals surface area contributed by atoms with Crippen molar-refractivity contribution in [1.82, 2.24) is 9.88 Å². The Kier molecular flexibility index (Phi) is 5.05. The van der Waals surface area contributed by atoms with Crippen molar-refractivity contribution in [3.63, 3.8) is 0 Å². The Hall–Kier alpha value is -1.89. The Bertz CT molecular complexity index is 495. The van der Waals surface area contributed by atoms with Crippen molar-refractivity contribution in [2.24, 2.45) is 0 Å². The molecule has 0 spiro atoms. The highest BCUT2D eigenvalue weighted by atomic mass is 35.5. The second kappa shape index (κ2) is 6.33. The van der Waals surface area contributed by atoms with Gasteiger partial charge in [-0.2, -0.15) is 0 Å². The number of hydrogen-bond acceptors (Lipinski definition) is 5. The van der Waals surface area contributed by atoms with Gasteiger partial charge in [-0.3, -0.25) is 14.9 Å². The largest absolute Gasteiger partial charge is 0.353 e. The molecule has 0 bridgehead atoms. The van der Waals surface area contributed by atoms with Gasteiger partial charge in [0.15, 0.2) is 0 Å². The van der Waals surface area contributed by atoms with Crippen molar-refractivity contribution in [3.8, 4) is 0 Å². The molecule has 19 heavy (non-hydrogen) atoms. The van der Waals surface area contributed by atoms with E-state index in [4.69, 9.17) is 11.6 Å². The minimum Gasteiger partial charge on any atom is -0.353 e. The van der Waals surface area contributed by atoms with E-state index in [1.54, 1.807) is 14.0 Å². The number of anilines is 1. The van der Waals surface area contributed by atoms with Crippen LogP contribution in [0.4, 0.5) is 11.5 Å². The summed E-state index contributed by atoms with van der Waals surface area (Å²) >= 11 is 5.71. The lowest BCUT2D eigenvalue weighted by atomic mass is 10.2. The Morgan fingerprint density at radius 2 is 2.26 bits per heavy atom. The number of rotatable bonds is 5. The van der Waals surface area contributed by atoms with E-state index in [1.807, 2.05) is 6.92 Å². The highest BCUT2D eigenvalue weighted by Gasteiger charge is 2.22. The summed E-state index contributed by atoms with van der Waals surface area (Å²) in [6, 6.07) is 1.95. The summed E-state index contributed by atoms with van der Waals surface area (Å²) in [6.45, 7) is 4.00. The Balaban J connectivity index is 2.95. The molecule has 1 rings (SSSR count). The summed E-state index contributed by atoms with van der Waals surface area (Å²) in [4.78, 5) is 27.5. The average molecular weight is 287 g/mol. The standard InChI is InChI=1S/C11H15ClN4O3/c1-4-15(3)11(17)7(2)13-10-8(16(18)19)5-6-9(12)14-10/h5-7H,4H2,1-3H3,(H,13,14). The molecule has 1 aromatic heterocycles. The predicted molar refractivity (Wildman–Crippen MR) is 72.3 cm³/mol. The van der Waals surface area contributed by atoms with Crippen LogP contribution in [0.15, 0.2) is 12.1 Å². The fourth-order valence-electron chi connectivity index (χ4n) is 1.43. The van der Waals surface area contributed by atoms with E-state index in [0.29, 0.717) is 6.54 Å². The maximum Gasteiger partial charge on any atom is 0.311 e. The molecular formula is C11H15ClN4O3. The molecular weight excluding hydrogens is 272 g/mol. The minimum absolute atomic E-state index is 0.0112. The van der Waals surface area contributed by atoms with Crippen LogP contribution in [0.1, 0.15) is 13.8 Å². The molecule has 1 aromatic rings. The highest BCUT2D eigenvalue weighted by Crippen LogP contribution is 2.24. The fourth-order valence-corrected chi connectivity index (χ4v) is 1.58. The van der Waals surface area contributed by atoms with Crippen LogP contribution in [0, 0.1) is 10.1 Å². The molecule has 0 saturated heterocycles. The second-order valence-corrected chi connectivity index (χ2v) is 4.36. The molecule has 1 N–H and O–H groups in total. The number of amides is 1. The molecule has 0 aliphatic rings. The molecule has 1 heterocycles. The quantitative estimate of drug-likeness (QED) is 0.507. The molecule has 1 atom stereocenters. The minimum atomic E-state index is -0.630. The zero-order chi connectivity index (χ0) is 14.6. The smallest absolute Gasteiger partial charge is 0.311 e. The molecule has 104 valence electrons. The molecule has 8 heteroatoms. The number of carbonyl (C=O) groups is 1. The first-order chi connectivity index (χ1) is 8.86. The van der Waals surface area contributed by atoms with Gasteiger partial charge < -0.3 is 10.2 Å². The lowest BCUT2D eigenvalue weighted by Gasteiger charge is -2.20. The number of nitro groups is 1. The molecule has 1 amide bonds. The fraction of sp³-hybridized carbons (Fsp3) is 0.455. The van der Waals surface area contributed by atoms with Gasteiger partial charge >= 0.3 is 5.69 Å². The summed E-state index contributed by atoms with van der Waals surface area (Å²) in [5, 5.41) is 13.7. The van der Waals surface area contributed by atoms with E-state index in [-0.39, 0.29) is 22.6 Å². The van der Waals surface area contributed by atoms with Crippen LogP contribution in [0.25, 0.3) is 0 Å². The number of carbonyl (C=O) groups excluding carboxylic acids is 1. The van der Waals surface area contributed by atoms with Gasteiger partial charge in [-0.15, -0.1) is 0 Å². The van der Waals surface area contributed by atoms with Gasteiger partial charge in [0.25, 0.3) is 0 Å². The van der Waals surface area contributed by atoms with Crippen molar-refractivity contribution < 1.29 is 9.72 Å². The summed E-state index contributed by atoms with van der Waals surface area (Å²) in [7, 11) is 1.65. The third-order valence-corrected chi connectivity index (χ3v) is 2.82. The lowest BCUT2D eigenvalue weighted by molar-refractivity contribution is -0.384. The monoisotopic (exact) mass is 286 g/mol. The van der Waals surface area contributed by atoms with Gasteiger partial charge in [-0.25, -0.2) is 4.98 Å². The summed E-state index contributed by atoms with van der Waals surface area (Å²) in [5.41, 5.74) is -0.219. The topological polar surface area (TPSA) is 88.4 Å². The molecule has 0 aliphatic carbocycles. The number of halogens is 1. The predicted octanol–water partition coefficient (Wildman–Crippen LogP) is 1.92. The molecule has 0 fully saturated rings. The number of pyridine rings is 1. The zero-order valence-corrected chi connectivity index (χ0v) is 11.6. The van der Waals surface area contributed by atoms with E-state index < -0.39 is 11.0 Å². The second-order valence-electron chi connectivity index (χ2n) is 3.98. The van der Waals surface area contributed by atoms with Crippen molar-refractivity contribution in [2.45, 2.75) is 19.9 Å². The van der Waals surface area contributed by atoms with Crippen molar-refractivity contribution in [2.75, 3.05) is 18.9 Å². The van der Waals surface area contributed by atoms with E-state index >= 15 is 0 Å². The molecule has 0 radical (unpaired) electrons. The number of nitrogens with zero attached hydrogens (tertiary/aromatic N) is 3. The van der Waals surface area contributed by atoms with Crippen LogP contribution in [-0.2, 0) is 4.79 Å². The lowest BCUT2D eigenvalue weighted by Crippen LogP contribution is -2.39.